The molecule has 0 aliphatic heterocycles. The summed E-state index contributed by atoms with van der Waals surface area (Å²) in [5.74, 6) is 0.939. The Morgan fingerprint density at radius 3 is 1.88 bits per heavy atom. The highest BCUT2D eigenvalue weighted by Gasteiger charge is 2.12. The number of nitrogens with zero attached hydrogens (tertiary/aromatic N) is 6. The molecule has 0 radical (unpaired) electrons. The van der Waals surface area contributed by atoms with E-state index in [-0.39, 0.29) is 7.43 Å². The number of ether oxygens (including phenoxy) is 1. The van der Waals surface area contributed by atoms with Gasteiger partial charge in [-0.3, -0.25) is 0 Å². The topological polar surface area (TPSA) is 120 Å². The molecule has 0 amide bonds. The van der Waals surface area contributed by atoms with E-state index in [4.69, 9.17) is 4.74 Å². The van der Waals surface area contributed by atoms with Gasteiger partial charge in [0.2, 0.25) is 5.88 Å². The molecule has 0 fully saturated rings. The molecule has 4 heterocycles. The summed E-state index contributed by atoms with van der Waals surface area (Å²) in [6, 6.07) is 24.0. The van der Waals surface area contributed by atoms with Gasteiger partial charge in [0, 0.05) is 40.5 Å². The van der Waals surface area contributed by atoms with Gasteiger partial charge >= 0.3 is 0 Å². The van der Waals surface area contributed by atoms with Crippen molar-refractivity contribution in [2.75, 3.05) is 19.0 Å². The van der Waals surface area contributed by atoms with E-state index in [1.54, 1.807) is 12.4 Å². The molecule has 0 bridgehead atoms. The van der Waals surface area contributed by atoms with Crippen LogP contribution in [-0.4, -0.2) is 33.6 Å². The Hall–Kier alpha value is -5.34. The van der Waals surface area contributed by atoms with Crippen LogP contribution in [0.3, 0.4) is 0 Å². The first-order valence-electron chi connectivity index (χ1n) is 12.6. The van der Waals surface area contributed by atoms with E-state index < -0.39 is 0 Å². The molecule has 0 unspecified atom stereocenters. The Morgan fingerprint density at radius 2 is 1.32 bits per heavy atom. The van der Waals surface area contributed by atoms with Gasteiger partial charge in [0.25, 0.3) is 0 Å². The minimum atomic E-state index is 0. The SMILES string of the molecule is C.CCCCNc1ncc2cc3ccccc3nc2c1C#N.COc1ncc2cc3ccccc3nc2c1C#N. The van der Waals surface area contributed by atoms with Crippen molar-refractivity contribution in [1.82, 2.24) is 19.9 Å². The fourth-order valence-corrected chi connectivity index (χ4v) is 4.35. The van der Waals surface area contributed by atoms with Crippen LogP contribution in [-0.2, 0) is 0 Å². The summed E-state index contributed by atoms with van der Waals surface area (Å²) in [7, 11) is 1.50. The predicted octanol–water partition coefficient (Wildman–Crippen LogP) is 7.17. The highest BCUT2D eigenvalue weighted by Crippen LogP contribution is 2.27. The number of unbranched alkanes of at least 4 members (excludes halogenated alkanes) is 1. The normalized spacial score (nSPS) is 10.3. The van der Waals surface area contributed by atoms with Crippen molar-refractivity contribution in [3.05, 3.63) is 84.2 Å². The number of para-hydroxylation sites is 2. The zero-order chi connectivity index (χ0) is 27.2. The third-order valence-electron chi connectivity index (χ3n) is 6.32. The van der Waals surface area contributed by atoms with E-state index in [9.17, 15) is 10.5 Å². The number of benzene rings is 2. The highest BCUT2D eigenvalue weighted by atomic mass is 16.5. The van der Waals surface area contributed by atoms with E-state index >= 15 is 0 Å². The highest BCUT2D eigenvalue weighted by molar-refractivity contribution is 5.97. The van der Waals surface area contributed by atoms with E-state index in [2.05, 4.69) is 44.3 Å². The van der Waals surface area contributed by atoms with Crippen LogP contribution in [0.4, 0.5) is 5.82 Å². The van der Waals surface area contributed by atoms with Crippen molar-refractivity contribution < 1.29 is 4.74 Å². The maximum atomic E-state index is 9.48. The van der Waals surface area contributed by atoms with Crippen molar-refractivity contribution >= 4 is 49.4 Å². The van der Waals surface area contributed by atoms with Gasteiger partial charge in [-0.2, -0.15) is 10.5 Å². The summed E-state index contributed by atoms with van der Waals surface area (Å²) < 4.78 is 5.08. The summed E-state index contributed by atoms with van der Waals surface area (Å²) in [5.41, 5.74) is 3.99. The number of fused-ring (bicyclic) bond motifs is 4. The largest absolute Gasteiger partial charge is 0.480 e. The zero-order valence-corrected chi connectivity index (χ0v) is 21.6. The Bertz CT molecular complexity index is 1900. The van der Waals surface area contributed by atoms with Gasteiger partial charge in [0.05, 0.1) is 29.2 Å². The van der Waals surface area contributed by atoms with Crippen LogP contribution < -0.4 is 10.1 Å². The number of hydrogen-bond acceptors (Lipinski definition) is 8. The minimum Gasteiger partial charge on any atom is -0.480 e. The number of anilines is 1. The van der Waals surface area contributed by atoms with E-state index in [1.165, 1.54) is 7.11 Å². The van der Waals surface area contributed by atoms with Gasteiger partial charge in [0.15, 0.2) is 0 Å². The van der Waals surface area contributed by atoms with E-state index in [1.807, 2.05) is 60.7 Å². The van der Waals surface area contributed by atoms with E-state index in [0.29, 0.717) is 33.9 Å². The lowest BCUT2D eigenvalue weighted by Crippen LogP contribution is -2.05. The van der Waals surface area contributed by atoms with Crippen LogP contribution in [0, 0.1) is 22.7 Å². The van der Waals surface area contributed by atoms with Gasteiger partial charge in [-0.05, 0) is 30.7 Å². The molecule has 1 N–H and O–H groups in total. The van der Waals surface area contributed by atoms with Crippen molar-refractivity contribution in [2.24, 2.45) is 0 Å². The van der Waals surface area contributed by atoms with Crippen LogP contribution in [0.1, 0.15) is 38.3 Å². The van der Waals surface area contributed by atoms with Crippen molar-refractivity contribution in [3.63, 3.8) is 0 Å². The zero-order valence-electron chi connectivity index (χ0n) is 21.6. The van der Waals surface area contributed by atoms with Gasteiger partial charge in [-0.25, -0.2) is 19.9 Å². The molecule has 0 saturated carbocycles. The molecule has 0 spiro atoms. The van der Waals surface area contributed by atoms with Crippen LogP contribution in [0.5, 0.6) is 5.88 Å². The molecule has 6 rings (SSSR count). The lowest BCUT2D eigenvalue weighted by atomic mass is 10.1. The first-order valence-corrected chi connectivity index (χ1v) is 12.6. The van der Waals surface area contributed by atoms with Gasteiger partial charge in [-0.1, -0.05) is 57.2 Å². The van der Waals surface area contributed by atoms with Crippen LogP contribution in [0.2, 0.25) is 0 Å². The third kappa shape index (κ3) is 5.43. The maximum Gasteiger partial charge on any atom is 0.233 e. The summed E-state index contributed by atoms with van der Waals surface area (Å²) in [4.78, 5) is 17.7. The number of aromatic nitrogens is 4. The first-order chi connectivity index (χ1) is 19.2. The molecule has 40 heavy (non-hydrogen) atoms. The molecule has 4 aromatic heterocycles. The smallest absolute Gasteiger partial charge is 0.233 e. The second-order valence-electron chi connectivity index (χ2n) is 8.87. The molecular formula is C32H29N7O. The standard InChI is InChI=1S/C17H16N4.C14H9N3O.CH4/c1-2-3-8-19-17-14(10-18)16-13(11-20-17)9-12-6-4-5-7-15(12)21-16;1-18-14-11(7-15)13-10(8-16-14)6-9-4-2-3-5-12(9)17-13;/h4-7,9,11H,2-3,8H2,1H3,(H,19,20);2-6,8H,1H3;1H4. The molecule has 0 atom stereocenters. The Balaban J connectivity index is 0.000000182. The molecule has 8 heteroatoms. The molecule has 6 aromatic rings. The fraction of sp³-hybridized carbons (Fsp3) is 0.188. The second-order valence-corrected chi connectivity index (χ2v) is 8.87. The molecule has 0 saturated heterocycles. The lowest BCUT2D eigenvalue weighted by molar-refractivity contribution is 0.397. The predicted molar refractivity (Wildman–Crippen MR) is 160 cm³/mol. The lowest BCUT2D eigenvalue weighted by Gasteiger charge is -2.09. The number of nitrogens with one attached hydrogen (secondary N) is 1. The maximum absolute atomic E-state index is 9.48. The van der Waals surface area contributed by atoms with Crippen LogP contribution in [0.15, 0.2) is 73.1 Å². The average Bonchev–Trinajstić information content (AvgIpc) is 2.98. The van der Waals surface area contributed by atoms with Gasteiger partial charge in [0.1, 0.15) is 29.1 Å². The van der Waals surface area contributed by atoms with Crippen molar-refractivity contribution in [1.29, 1.82) is 10.5 Å². The molecule has 2 aromatic carbocycles. The number of hydrogen-bond donors (Lipinski definition) is 1. The van der Waals surface area contributed by atoms with Crippen molar-refractivity contribution in [2.45, 2.75) is 27.2 Å². The number of rotatable bonds is 5. The van der Waals surface area contributed by atoms with Crippen LogP contribution in [0.25, 0.3) is 43.6 Å². The third-order valence-corrected chi connectivity index (χ3v) is 6.32. The number of methoxy groups -OCH3 is 1. The number of nitriles is 2. The quantitative estimate of drug-likeness (QED) is 0.185. The Labute approximate surface area is 232 Å². The molecule has 198 valence electrons. The average molecular weight is 528 g/mol. The Morgan fingerprint density at radius 1 is 0.775 bits per heavy atom. The monoisotopic (exact) mass is 527 g/mol. The van der Waals surface area contributed by atoms with Crippen LogP contribution >= 0.6 is 0 Å². The fourth-order valence-electron chi connectivity index (χ4n) is 4.35. The molecule has 0 aliphatic rings. The molecule has 8 nitrogen and oxygen atoms in total. The molecule has 0 aliphatic carbocycles. The summed E-state index contributed by atoms with van der Waals surface area (Å²) in [6.07, 6.45) is 5.61. The summed E-state index contributed by atoms with van der Waals surface area (Å²) in [5, 5.41) is 25.7. The summed E-state index contributed by atoms with van der Waals surface area (Å²) >= 11 is 0. The van der Waals surface area contributed by atoms with Gasteiger partial charge < -0.3 is 10.1 Å². The molecular weight excluding hydrogens is 498 g/mol. The second kappa shape index (κ2) is 12.5. The van der Waals surface area contributed by atoms with Crippen molar-refractivity contribution in [3.8, 4) is 18.0 Å². The Kier molecular flexibility index (Phi) is 8.63. The number of pyridine rings is 4. The minimum absolute atomic E-state index is 0. The first kappa shape index (κ1) is 27.7. The van der Waals surface area contributed by atoms with Gasteiger partial charge in [-0.15, -0.1) is 0 Å². The summed E-state index contributed by atoms with van der Waals surface area (Å²) in [6.45, 7) is 2.95. The van der Waals surface area contributed by atoms with E-state index in [0.717, 1.165) is 52.0 Å².